The van der Waals surface area contributed by atoms with Crippen LogP contribution in [0.4, 0.5) is 0 Å². The molecule has 2 aromatic carbocycles. The van der Waals surface area contributed by atoms with E-state index in [0.29, 0.717) is 54.6 Å². The van der Waals surface area contributed by atoms with E-state index in [0.717, 1.165) is 19.6 Å². The van der Waals surface area contributed by atoms with Gasteiger partial charge in [0.05, 0.1) is 46.2 Å². The van der Waals surface area contributed by atoms with Crippen LogP contribution in [0.3, 0.4) is 0 Å². The molecule has 4 rings (SSSR count). The third-order valence-corrected chi connectivity index (χ3v) is 6.61. The maximum absolute atomic E-state index is 13.3. The van der Waals surface area contributed by atoms with Gasteiger partial charge in [0.1, 0.15) is 11.5 Å². The van der Waals surface area contributed by atoms with Gasteiger partial charge < -0.3 is 29.0 Å². The Kier molecular flexibility index (Phi) is 8.12. The first-order valence-electron chi connectivity index (χ1n) is 11.9. The van der Waals surface area contributed by atoms with Crippen molar-refractivity contribution in [1.82, 2.24) is 9.80 Å². The van der Waals surface area contributed by atoms with E-state index in [1.165, 1.54) is 19.1 Å². The largest absolute Gasteiger partial charge is 0.507 e. The second-order valence-electron chi connectivity index (χ2n) is 8.61. The summed E-state index contributed by atoms with van der Waals surface area (Å²) in [5.74, 6) is -0.141. The number of ether oxygens (including phenoxy) is 4. The van der Waals surface area contributed by atoms with Crippen molar-refractivity contribution < 1.29 is 33.6 Å². The zero-order valence-electron chi connectivity index (χ0n) is 20.9. The van der Waals surface area contributed by atoms with Gasteiger partial charge >= 0.3 is 0 Å². The van der Waals surface area contributed by atoms with Crippen LogP contribution in [0.1, 0.15) is 23.6 Å². The molecule has 2 aliphatic rings. The maximum Gasteiger partial charge on any atom is 0.295 e. The van der Waals surface area contributed by atoms with E-state index in [1.54, 1.807) is 49.6 Å². The van der Waals surface area contributed by atoms with Gasteiger partial charge in [-0.15, -0.1) is 0 Å². The molecule has 2 heterocycles. The van der Waals surface area contributed by atoms with Gasteiger partial charge in [-0.05, 0) is 36.8 Å². The molecule has 1 amide bonds. The second kappa shape index (κ2) is 11.5. The summed E-state index contributed by atoms with van der Waals surface area (Å²) in [6, 6.07) is 11.2. The molecule has 2 saturated heterocycles. The topological polar surface area (TPSA) is 97.8 Å². The first-order chi connectivity index (χ1) is 17.5. The number of rotatable bonds is 9. The van der Waals surface area contributed by atoms with Crippen molar-refractivity contribution in [3.8, 4) is 17.2 Å². The predicted molar refractivity (Wildman–Crippen MR) is 133 cm³/mol. The van der Waals surface area contributed by atoms with Crippen molar-refractivity contribution in [3.63, 3.8) is 0 Å². The standard InChI is InChI=1S/C27H32N2O7/c1-33-19-10-8-18(9-11-19)24(30)22-23(20-6-4-7-21(34-2)26(20)35-3)29(27(32)25(22)31)13-5-12-28-14-16-36-17-15-28/h4,6-11,23,30H,5,12-17H2,1-3H3/b24-22+/t23-/m0/s1. The van der Waals surface area contributed by atoms with E-state index in [2.05, 4.69) is 4.90 Å². The zero-order valence-corrected chi connectivity index (χ0v) is 20.9. The van der Waals surface area contributed by atoms with Crippen molar-refractivity contribution in [1.29, 1.82) is 0 Å². The lowest BCUT2D eigenvalue weighted by Gasteiger charge is -2.30. The number of morpholine rings is 1. The molecule has 0 saturated carbocycles. The second-order valence-corrected chi connectivity index (χ2v) is 8.61. The number of ketones is 1. The van der Waals surface area contributed by atoms with Crippen molar-refractivity contribution >= 4 is 17.4 Å². The Morgan fingerprint density at radius 3 is 2.33 bits per heavy atom. The van der Waals surface area contributed by atoms with E-state index < -0.39 is 17.7 Å². The van der Waals surface area contributed by atoms with Crippen molar-refractivity contribution in [3.05, 3.63) is 59.2 Å². The molecule has 2 fully saturated rings. The molecule has 0 aromatic heterocycles. The summed E-state index contributed by atoms with van der Waals surface area (Å²) < 4.78 is 21.7. The van der Waals surface area contributed by atoms with E-state index in [-0.39, 0.29) is 11.3 Å². The minimum Gasteiger partial charge on any atom is -0.507 e. The number of hydrogen-bond acceptors (Lipinski definition) is 8. The molecule has 0 unspecified atom stereocenters. The SMILES string of the molecule is COc1ccc(/C(O)=C2\C(=O)C(=O)N(CCCN3CCOCC3)[C@H]2c2cccc(OC)c2OC)cc1. The number of amides is 1. The minimum atomic E-state index is -0.832. The minimum absolute atomic E-state index is 0.0168. The highest BCUT2D eigenvalue weighted by molar-refractivity contribution is 6.46. The lowest BCUT2D eigenvalue weighted by molar-refractivity contribution is -0.140. The van der Waals surface area contributed by atoms with Gasteiger partial charge in [-0.3, -0.25) is 14.5 Å². The Bertz CT molecular complexity index is 1120. The molecule has 1 N–H and O–H groups in total. The van der Waals surface area contributed by atoms with Crippen LogP contribution in [0.5, 0.6) is 17.2 Å². The van der Waals surface area contributed by atoms with Crippen LogP contribution in [0.25, 0.3) is 5.76 Å². The van der Waals surface area contributed by atoms with Crippen LogP contribution in [0.15, 0.2) is 48.0 Å². The van der Waals surface area contributed by atoms with Gasteiger partial charge in [0, 0.05) is 37.3 Å². The highest BCUT2D eigenvalue weighted by Gasteiger charge is 2.47. The molecular formula is C27H32N2O7. The fourth-order valence-corrected chi connectivity index (χ4v) is 4.76. The number of methoxy groups -OCH3 is 3. The Morgan fingerprint density at radius 2 is 1.69 bits per heavy atom. The molecule has 2 aliphatic heterocycles. The molecule has 0 radical (unpaired) electrons. The van der Waals surface area contributed by atoms with Gasteiger partial charge in [-0.1, -0.05) is 12.1 Å². The molecule has 192 valence electrons. The van der Waals surface area contributed by atoms with Crippen molar-refractivity contribution in [2.24, 2.45) is 0 Å². The smallest absolute Gasteiger partial charge is 0.295 e. The third-order valence-electron chi connectivity index (χ3n) is 6.61. The number of carbonyl (C=O) groups is 2. The van der Waals surface area contributed by atoms with Crippen LogP contribution >= 0.6 is 0 Å². The van der Waals surface area contributed by atoms with E-state index in [9.17, 15) is 14.7 Å². The van der Waals surface area contributed by atoms with Gasteiger partial charge in [0.25, 0.3) is 11.7 Å². The first kappa shape index (κ1) is 25.5. The Labute approximate surface area is 210 Å². The van der Waals surface area contributed by atoms with Crippen LogP contribution < -0.4 is 14.2 Å². The van der Waals surface area contributed by atoms with Crippen LogP contribution in [0, 0.1) is 0 Å². The molecule has 0 aliphatic carbocycles. The third kappa shape index (κ3) is 5.03. The number of likely N-dealkylation sites (tertiary alicyclic amines) is 1. The summed E-state index contributed by atoms with van der Waals surface area (Å²) in [6.45, 7) is 4.16. The lowest BCUT2D eigenvalue weighted by atomic mass is 9.94. The number of nitrogens with zero attached hydrogens (tertiary/aromatic N) is 2. The summed E-state index contributed by atoms with van der Waals surface area (Å²) in [5, 5.41) is 11.3. The summed E-state index contributed by atoms with van der Waals surface area (Å²) in [5.41, 5.74) is 0.995. The number of benzene rings is 2. The average Bonchev–Trinajstić information content (AvgIpc) is 3.17. The Morgan fingerprint density at radius 1 is 0.972 bits per heavy atom. The summed E-state index contributed by atoms with van der Waals surface area (Å²) in [4.78, 5) is 30.4. The van der Waals surface area contributed by atoms with Crippen LogP contribution in [-0.2, 0) is 14.3 Å². The monoisotopic (exact) mass is 496 g/mol. The van der Waals surface area contributed by atoms with Crippen molar-refractivity contribution in [2.45, 2.75) is 12.5 Å². The molecule has 0 spiro atoms. The quantitative estimate of drug-likeness (QED) is 0.322. The Balaban J connectivity index is 1.75. The van der Waals surface area contributed by atoms with Gasteiger partial charge in [-0.2, -0.15) is 0 Å². The first-order valence-corrected chi connectivity index (χ1v) is 11.9. The lowest BCUT2D eigenvalue weighted by Crippen LogP contribution is -2.39. The molecule has 2 aromatic rings. The van der Waals surface area contributed by atoms with Gasteiger partial charge in [0.15, 0.2) is 11.5 Å². The normalized spacial score (nSPS) is 20.0. The molecular weight excluding hydrogens is 464 g/mol. The van der Waals surface area contributed by atoms with Gasteiger partial charge in [0.2, 0.25) is 0 Å². The molecule has 0 bridgehead atoms. The summed E-state index contributed by atoms with van der Waals surface area (Å²) in [6.07, 6.45) is 0.665. The highest BCUT2D eigenvalue weighted by atomic mass is 16.5. The number of aliphatic hydroxyl groups excluding tert-OH is 1. The van der Waals surface area contributed by atoms with Crippen LogP contribution in [-0.4, -0.2) is 87.3 Å². The number of Topliss-reactive ketones (excluding diaryl/α,β-unsaturated/α-hetero) is 1. The highest BCUT2D eigenvalue weighted by Crippen LogP contribution is 2.45. The Hall–Kier alpha value is -3.56. The fourth-order valence-electron chi connectivity index (χ4n) is 4.76. The predicted octanol–water partition coefficient (Wildman–Crippen LogP) is 2.86. The molecule has 9 nitrogen and oxygen atoms in total. The summed E-state index contributed by atoms with van der Waals surface area (Å²) >= 11 is 0. The number of carbonyl (C=O) groups excluding carboxylic acids is 2. The van der Waals surface area contributed by atoms with E-state index in [4.69, 9.17) is 18.9 Å². The van der Waals surface area contributed by atoms with Gasteiger partial charge in [-0.25, -0.2) is 0 Å². The maximum atomic E-state index is 13.3. The number of para-hydroxylation sites is 1. The molecule has 36 heavy (non-hydrogen) atoms. The molecule has 9 heteroatoms. The van der Waals surface area contributed by atoms with Crippen LogP contribution in [0.2, 0.25) is 0 Å². The van der Waals surface area contributed by atoms with Crippen molar-refractivity contribution in [2.75, 3.05) is 60.7 Å². The van der Waals surface area contributed by atoms with E-state index in [1.807, 2.05) is 0 Å². The zero-order chi connectivity index (χ0) is 25.7. The number of aliphatic hydroxyl groups is 1. The van der Waals surface area contributed by atoms with E-state index >= 15 is 0 Å². The average molecular weight is 497 g/mol. The number of hydrogen-bond donors (Lipinski definition) is 1. The summed E-state index contributed by atoms with van der Waals surface area (Å²) in [7, 11) is 4.58. The fraction of sp³-hybridized carbons (Fsp3) is 0.407. The molecule has 1 atom stereocenters.